The Morgan fingerprint density at radius 3 is 2.52 bits per heavy atom. The van der Waals surface area contributed by atoms with E-state index >= 15 is 0 Å². The topological polar surface area (TPSA) is 28.0 Å². The van der Waals surface area contributed by atoms with Crippen molar-refractivity contribution in [2.24, 2.45) is 0 Å². The number of rotatable bonds is 5. The Hall–Kier alpha value is -1.26. The maximum Gasteiger partial charge on any atom is 0.277 e. The minimum atomic E-state index is 0.270. The standard InChI is InChI=1S/C16H24ClN3O/c1-3-19(4-2)16(21)13-18-8-10-20(11-9-18)15-7-5-6-14(17)12-15/h5-7,12H,3-4,8-11,13H2,1-2H3/p+1. The van der Waals surface area contributed by atoms with E-state index < -0.39 is 0 Å². The van der Waals surface area contributed by atoms with Gasteiger partial charge in [0, 0.05) is 23.8 Å². The van der Waals surface area contributed by atoms with Gasteiger partial charge in [-0.05, 0) is 32.0 Å². The molecule has 0 bridgehead atoms. The molecule has 116 valence electrons. The Bertz CT molecular complexity index is 468. The van der Waals surface area contributed by atoms with Gasteiger partial charge in [0.25, 0.3) is 5.91 Å². The second kappa shape index (κ2) is 7.66. The van der Waals surface area contributed by atoms with E-state index in [9.17, 15) is 4.79 Å². The highest BCUT2D eigenvalue weighted by molar-refractivity contribution is 6.30. The maximum absolute atomic E-state index is 12.1. The third-order valence-electron chi connectivity index (χ3n) is 4.16. The Morgan fingerprint density at radius 2 is 1.95 bits per heavy atom. The van der Waals surface area contributed by atoms with E-state index in [0.717, 1.165) is 44.3 Å². The number of nitrogens with zero attached hydrogens (tertiary/aromatic N) is 2. The van der Waals surface area contributed by atoms with Crippen molar-refractivity contribution in [2.45, 2.75) is 13.8 Å². The summed E-state index contributed by atoms with van der Waals surface area (Å²) in [6.45, 7) is 10.2. The summed E-state index contributed by atoms with van der Waals surface area (Å²) in [6, 6.07) is 7.99. The van der Waals surface area contributed by atoms with Crippen LogP contribution in [-0.2, 0) is 4.79 Å². The molecule has 0 unspecified atom stereocenters. The van der Waals surface area contributed by atoms with Crippen LogP contribution in [0.5, 0.6) is 0 Å². The van der Waals surface area contributed by atoms with Crippen LogP contribution in [0.2, 0.25) is 5.02 Å². The van der Waals surface area contributed by atoms with Crippen molar-refractivity contribution in [1.29, 1.82) is 0 Å². The summed E-state index contributed by atoms with van der Waals surface area (Å²) in [6.07, 6.45) is 0. The van der Waals surface area contributed by atoms with Crippen LogP contribution in [-0.4, -0.2) is 56.6 Å². The maximum atomic E-state index is 12.1. The van der Waals surface area contributed by atoms with E-state index in [1.807, 2.05) is 36.9 Å². The van der Waals surface area contributed by atoms with Gasteiger partial charge in [-0.25, -0.2) is 0 Å². The Labute approximate surface area is 132 Å². The van der Waals surface area contributed by atoms with Gasteiger partial charge < -0.3 is 14.7 Å². The normalized spacial score (nSPS) is 16.0. The zero-order chi connectivity index (χ0) is 15.2. The van der Waals surface area contributed by atoms with Crippen LogP contribution in [0.3, 0.4) is 0 Å². The Balaban J connectivity index is 1.84. The number of hydrogen-bond acceptors (Lipinski definition) is 2. The summed E-state index contributed by atoms with van der Waals surface area (Å²) < 4.78 is 0. The summed E-state index contributed by atoms with van der Waals surface area (Å²) >= 11 is 6.05. The monoisotopic (exact) mass is 310 g/mol. The first-order chi connectivity index (χ1) is 10.1. The van der Waals surface area contributed by atoms with E-state index in [2.05, 4.69) is 11.0 Å². The van der Waals surface area contributed by atoms with Crippen molar-refractivity contribution in [3.63, 3.8) is 0 Å². The van der Waals surface area contributed by atoms with E-state index in [1.165, 1.54) is 10.6 Å². The van der Waals surface area contributed by atoms with Crippen LogP contribution in [0, 0.1) is 0 Å². The number of carbonyl (C=O) groups excluding carboxylic acids is 1. The molecule has 1 heterocycles. The summed E-state index contributed by atoms with van der Waals surface area (Å²) in [4.78, 5) is 17.8. The lowest BCUT2D eigenvalue weighted by molar-refractivity contribution is -0.892. The highest BCUT2D eigenvalue weighted by Gasteiger charge is 2.23. The molecule has 5 heteroatoms. The number of hydrogen-bond donors (Lipinski definition) is 1. The van der Waals surface area contributed by atoms with Gasteiger partial charge in [0.2, 0.25) is 0 Å². The Morgan fingerprint density at radius 1 is 1.29 bits per heavy atom. The number of nitrogens with one attached hydrogen (secondary N) is 1. The number of anilines is 1. The molecule has 1 N–H and O–H groups in total. The molecule has 1 aliphatic heterocycles. The van der Waals surface area contributed by atoms with Crippen LogP contribution in [0.4, 0.5) is 5.69 Å². The van der Waals surface area contributed by atoms with Gasteiger partial charge in [-0.15, -0.1) is 0 Å². The molecule has 0 aliphatic carbocycles. The lowest BCUT2D eigenvalue weighted by Gasteiger charge is -2.34. The molecule has 0 aromatic heterocycles. The van der Waals surface area contributed by atoms with Crippen molar-refractivity contribution in [3.05, 3.63) is 29.3 Å². The number of benzene rings is 1. The van der Waals surface area contributed by atoms with Gasteiger partial charge in [0.1, 0.15) is 0 Å². The predicted molar refractivity (Wildman–Crippen MR) is 87.2 cm³/mol. The number of piperazine rings is 1. The molecule has 0 radical (unpaired) electrons. The van der Waals surface area contributed by atoms with Gasteiger partial charge in [0.05, 0.1) is 26.2 Å². The van der Waals surface area contributed by atoms with Crippen LogP contribution in [0.15, 0.2) is 24.3 Å². The number of amides is 1. The van der Waals surface area contributed by atoms with Crippen molar-refractivity contribution >= 4 is 23.2 Å². The fourth-order valence-electron chi connectivity index (χ4n) is 2.83. The van der Waals surface area contributed by atoms with E-state index in [0.29, 0.717) is 6.54 Å². The largest absolute Gasteiger partial charge is 0.360 e. The van der Waals surface area contributed by atoms with Gasteiger partial charge in [0.15, 0.2) is 6.54 Å². The second-order valence-corrected chi connectivity index (χ2v) is 5.90. The molecule has 21 heavy (non-hydrogen) atoms. The molecular weight excluding hydrogens is 286 g/mol. The Kier molecular flexibility index (Phi) is 5.88. The second-order valence-electron chi connectivity index (χ2n) is 5.46. The molecule has 1 aromatic rings. The zero-order valence-electron chi connectivity index (χ0n) is 12.9. The van der Waals surface area contributed by atoms with Crippen molar-refractivity contribution in [3.8, 4) is 0 Å². The number of halogens is 1. The molecule has 1 aliphatic rings. The molecule has 2 rings (SSSR count). The van der Waals surface area contributed by atoms with Gasteiger partial charge in [-0.2, -0.15) is 0 Å². The lowest BCUT2D eigenvalue weighted by Crippen LogP contribution is -3.15. The quantitative estimate of drug-likeness (QED) is 0.876. The minimum absolute atomic E-state index is 0.270. The average Bonchev–Trinajstić information content (AvgIpc) is 2.49. The summed E-state index contributed by atoms with van der Waals surface area (Å²) in [5.74, 6) is 0.270. The lowest BCUT2D eigenvalue weighted by atomic mass is 10.2. The first-order valence-corrected chi connectivity index (χ1v) is 8.13. The van der Waals surface area contributed by atoms with Crippen LogP contribution in [0.1, 0.15) is 13.8 Å². The zero-order valence-corrected chi connectivity index (χ0v) is 13.7. The summed E-state index contributed by atoms with van der Waals surface area (Å²) in [7, 11) is 0. The van der Waals surface area contributed by atoms with Gasteiger partial charge in [-0.3, -0.25) is 4.79 Å². The van der Waals surface area contributed by atoms with Crippen LogP contribution < -0.4 is 9.80 Å². The molecular formula is C16H25ClN3O+. The highest BCUT2D eigenvalue weighted by Crippen LogP contribution is 2.19. The van der Waals surface area contributed by atoms with E-state index in [4.69, 9.17) is 11.6 Å². The van der Waals surface area contributed by atoms with Crippen LogP contribution >= 0.6 is 11.6 Å². The predicted octanol–water partition coefficient (Wildman–Crippen LogP) is 0.913. The molecule has 0 saturated carbocycles. The van der Waals surface area contributed by atoms with Gasteiger partial charge in [-0.1, -0.05) is 17.7 Å². The molecule has 0 atom stereocenters. The SMILES string of the molecule is CCN(CC)C(=O)C[NH+]1CCN(c2cccc(Cl)c2)CC1. The van der Waals surface area contributed by atoms with Crippen molar-refractivity contribution in [2.75, 3.05) is 50.7 Å². The van der Waals surface area contributed by atoms with Crippen molar-refractivity contribution in [1.82, 2.24) is 4.90 Å². The molecule has 1 amide bonds. The molecule has 1 aromatic carbocycles. The fraction of sp³-hybridized carbons (Fsp3) is 0.562. The first kappa shape index (κ1) is 16.1. The molecule has 1 fully saturated rings. The number of carbonyl (C=O) groups is 1. The van der Waals surface area contributed by atoms with Crippen LogP contribution in [0.25, 0.3) is 0 Å². The number of likely N-dealkylation sites (N-methyl/N-ethyl adjacent to an activating group) is 1. The van der Waals surface area contributed by atoms with E-state index in [1.54, 1.807) is 0 Å². The fourth-order valence-corrected chi connectivity index (χ4v) is 3.02. The molecule has 0 spiro atoms. The minimum Gasteiger partial charge on any atom is -0.360 e. The number of quaternary nitrogens is 1. The smallest absolute Gasteiger partial charge is 0.277 e. The average molecular weight is 311 g/mol. The summed E-state index contributed by atoms with van der Waals surface area (Å²) in [5, 5.41) is 0.777. The summed E-state index contributed by atoms with van der Waals surface area (Å²) in [5.41, 5.74) is 1.18. The van der Waals surface area contributed by atoms with Gasteiger partial charge >= 0.3 is 0 Å². The highest BCUT2D eigenvalue weighted by atomic mass is 35.5. The van der Waals surface area contributed by atoms with Crippen molar-refractivity contribution < 1.29 is 9.69 Å². The van der Waals surface area contributed by atoms with E-state index in [-0.39, 0.29) is 5.91 Å². The molecule has 4 nitrogen and oxygen atoms in total. The third kappa shape index (κ3) is 4.35. The molecule has 1 saturated heterocycles. The third-order valence-corrected chi connectivity index (χ3v) is 4.40. The first-order valence-electron chi connectivity index (χ1n) is 7.76.